The third-order valence-corrected chi connectivity index (χ3v) is 5.34. The molecule has 1 aromatic carbocycles. The summed E-state index contributed by atoms with van der Waals surface area (Å²) >= 11 is 0. The Kier molecular flexibility index (Phi) is 4.62. The number of carboxylic acid groups (broad SMARTS) is 1. The van der Waals surface area contributed by atoms with Gasteiger partial charge in [0, 0.05) is 12.6 Å². The zero-order chi connectivity index (χ0) is 19.1. The van der Waals surface area contributed by atoms with Gasteiger partial charge >= 0.3 is 12.3 Å². The molecule has 2 atom stereocenters. The van der Waals surface area contributed by atoms with E-state index in [2.05, 4.69) is 4.74 Å². The molecule has 5 nitrogen and oxygen atoms in total. The lowest BCUT2D eigenvalue weighted by Crippen LogP contribution is -2.42. The van der Waals surface area contributed by atoms with Crippen molar-refractivity contribution in [3.63, 3.8) is 0 Å². The number of ether oxygens (including phenoxy) is 1. The number of benzene rings is 1. The summed E-state index contributed by atoms with van der Waals surface area (Å²) in [4.78, 5) is 25.8. The highest BCUT2D eigenvalue weighted by Crippen LogP contribution is 2.51. The number of carbonyl (C=O) groups excluding carboxylic acids is 1. The molecule has 1 saturated carbocycles. The quantitative estimate of drug-likeness (QED) is 0.863. The summed E-state index contributed by atoms with van der Waals surface area (Å²) in [6.07, 6.45) is -2.45. The summed E-state index contributed by atoms with van der Waals surface area (Å²) in [5, 5.41) is 9.21. The molecule has 0 radical (unpaired) electrons. The van der Waals surface area contributed by atoms with E-state index in [0.29, 0.717) is 32.2 Å². The number of hydrogen-bond acceptors (Lipinski definition) is 3. The lowest BCUT2D eigenvalue weighted by molar-refractivity contribution is -0.274. The predicted molar refractivity (Wildman–Crippen MR) is 85.4 cm³/mol. The summed E-state index contributed by atoms with van der Waals surface area (Å²) in [7, 11) is 0. The molecule has 8 heteroatoms. The van der Waals surface area contributed by atoms with E-state index in [9.17, 15) is 27.9 Å². The first kappa shape index (κ1) is 18.5. The highest BCUT2D eigenvalue weighted by Gasteiger charge is 2.54. The lowest BCUT2D eigenvalue weighted by atomic mass is 9.94. The molecule has 2 unspecified atom stereocenters. The molecule has 142 valence electrons. The van der Waals surface area contributed by atoms with Crippen LogP contribution in [0.3, 0.4) is 0 Å². The number of carbonyl (C=O) groups is 2. The van der Waals surface area contributed by atoms with Gasteiger partial charge in [-0.1, -0.05) is 12.1 Å². The largest absolute Gasteiger partial charge is 0.573 e. The van der Waals surface area contributed by atoms with Crippen LogP contribution in [0.4, 0.5) is 13.2 Å². The standard InChI is InChI=1S/C18H20F3NO4/c1-11-14(15(23)24)6-9-22(11)16(25)17(7-8-17)10-12-2-4-13(5-3-12)26-18(19,20)21/h2-5,11,14H,6-10H2,1H3,(H,23,24). The van der Waals surface area contributed by atoms with E-state index in [0.717, 1.165) is 5.56 Å². The number of carboxylic acids is 1. The molecule has 1 aliphatic heterocycles. The Labute approximate surface area is 148 Å². The third-order valence-electron chi connectivity index (χ3n) is 5.34. The van der Waals surface area contributed by atoms with E-state index < -0.39 is 23.7 Å². The second-order valence-electron chi connectivity index (χ2n) is 7.12. The molecule has 1 aliphatic carbocycles. The molecule has 1 aromatic rings. The molecule has 1 saturated heterocycles. The van der Waals surface area contributed by atoms with Crippen LogP contribution in [0.25, 0.3) is 0 Å². The van der Waals surface area contributed by atoms with E-state index >= 15 is 0 Å². The summed E-state index contributed by atoms with van der Waals surface area (Å²) in [6, 6.07) is 5.19. The fraction of sp³-hybridized carbons (Fsp3) is 0.556. The second kappa shape index (κ2) is 6.48. The first-order chi connectivity index (χ1) is 12.1. The van der Waals surface area contributed by atoms with Crippen LogP contribution in [0.1, 0.15) is 31.7 Å². The number of hydrogen-bond donors (Lipinski definition) is 1. The van der Waals surface area contributed by atoms with E-state index in [1.165, 1.54) is 24.3 Å². The number of likely N-dealkylation sites (tertiary alicyclic amines) is 1. The van der Waals surface area contributed by atoms with Gasteiger partial charge in [-0.2, -0.15) is 0 Å². The maximum atomic E-state index is 12.9. The molecular formula is C18H20F3NO4. The Bertz CT molecular complexity index is 697. The fourth-order valence-electron chi connectivity index (χ4n) is 3.68. The van der Waals surface area contributed by atoms with E-state index in [1.54, 1.807) is 11.8 Å². The van der Waals surface area contributed by atoms with Crippen molar-refractivity contribution in [2.45, 2.75) is 45.0 Å². The van der Waals surface area contributed by atoms with Crippen LogP contribution in [0, 0.1) is 11.3 Å². The third kappa shape index (κ3) is 3.78. The monoisotopic (exact) mass is 371 g/mol. The number of nitrogens with zero attached hydrogens (tertiary/aromatic N) is 1. The van der Waals surface area contributed by atoms with Gasteiger partial charge in [-0.15, -0.1) is 13.2 Å². The Morgan fingerprint density at radius 1 is 1.27 bits per heavy atom. The average Bonchev–Trinajstić information content (AvgIpc) is 3.21. The molecule has 0 bridgehead atoms. The van der Waals surface area contributed by atoms with Crippen molar-refractivity contribution in [2.24, 2.45) is 11.3 Å². The first-order valence-electron chi connectivity index (χ1n) is 8.50. The van der Waals surface area contributed by atoms with Crippen LogP contribution in [0.5, 0.6) is 5.75 Å². The van der Waals surface area contributed by atoms with Crippen molar-refractivity contribution in [1.82, 2.24) is 4.90 Å². The van der Waals surface area contributed by atoms with Gasteiger partial charge in [0.1, 0.15) is 5.75 Å². The van der Waals surface area contributed by atoms with Gasteiger partial charge < -0.3 is 14.7 Å². The molecular weight excluding hydrogens is 351 g/mol. The van der Waals surface area contributed by atoms with Crippen molar-refractivity contribution in [3.05, 3.63) is 29.8 Å². The van der Waals surface area contributed by atoms with Crippen LogP contribution in [-0.2, 0) is 16.0 Å². The van der Waals surface area contributed by atoms with Gasteiger partial charge in [0.25, 0.3) is 0 Å². The Hall–Kier alpha value is -2.25. The van der Waals surface area contributed by atoms with Crippen LogP contribution in [-0.4, -0.2) is 40.8 Å². The fourth-order valence-corrected chi connectivity index (χ4v) is 3.68. The lowest BCUT2D eigenvalue weighted by Gasteiger charge is -2.28. The van der Waals surface area contributed by atoms with Crippen molar-refractivity contribution in [1.29, 1.82) is 0 Å². The second-order valence-corrected chi connectivity index (χ2v) is 7.12. The molecule has 2 fully saturated rings. The predicted octanol–water partition coefficient (Wildman–Crippen LogP) is 3.23. The number of amides is 1. The summed E-state index contributed by atoms with van der Waals surface area (Å²) in [6.45, 7) is 2.18. The number of halogens is 3. The maximum Gasteiger partial charge on any atom is 0.573 e. The molecule has 1 heterocycles. The minimum Gasteiger partial charge on any atom is -0.481 e. The highest BCUT2D eigenvalue weighted by atomic mass is 19.4. The van der Waals surface area contributed by atoms with Crippen LogP contribution >= 0.6 is 0 Å². The molecule has 0 aromatic heterocycles. The van der Waals surface area contributed by atoms with Crippen molar-refractivity contribution in [2.75, 3.05) is 6.54 Å². The van der Waals surface area contributed by atoms with E-state index in [-0.39, 0.29) is 17.7 Å². The van der Waals surface area contributed by atoms with Gasteiger partial charge in [-0.25, -0.2) is 0 Å². The van der Waals surface area contributed by atoms with Gasteiger partial charge in [0.2, 0.25) is 5.91 Å². The molecule has 1 amide bonds. The molecule has 0 spiro atoms. The van der Waals surface area contributed by atoms with E-state index in [1.807, 2.05) is 0 Å². The van der Waals surface area contributed by atoms with Gasteiger partial charge in [0.15, 0.2) is 0 Å². The topological polar surface area (TPSA) is 66.8 Å². The first-order valence-corrected chi connectivity index (χ1v) is 8.50. The maximum absolute atomic E-state index is 12.9. The summed E-state index contributed by atoms with van der Waals surface area (Å²) in [5.41, 5.74) is 0.195. The number of alkyl halides is 3. The Balaban J connectivity index is 1.66. The minimum absolute atomic E-state index is 0.0515. The summed E-state index contributed by atoms with van der Waals surface area (Å²) < 4.78 is 40.5. The smallest absolute Gasteiger partial charge is 0.481 e. The Morgan fingerprint density at radius 2 is 1.88 bits per heavy atom. The number of rotatable bonds is 5. The normalized spacial score (nSPS) is 24.4. The van der Waals surface area contributed by atoms with Crippen LogP contribution in [0.15, 0.2) is 24.3 Å². The van der Waals surface area contributed by atoms with Gasteiger partial charge in [-0.3, -0.25) is 9.59 Å². The zero-order valence-corrected chi connectivity index (χ0v) is 14.3. The van der Waals surface area contributed by atoms with Gasteiger partial charge in [-0.05, 0) is 50.3 Å². The van der Waals surface area contributed by atoms with Gasteiger partial charge in [0.05, 0.1) is 11.3 Å². The van der Waals surface area contributed by atoms with Crippen molar-refractivity contribution in [3.8, 4) is 5.75 Å². The van der Waals surface area contributed by atoms with E-state index in [4.69, 9.17) is 0 Å². The SMILES string of the molecule is CC1C(C(=O)O)CCN1C(=O)C1(Cc2ccc(OC(F)(F)F)cc2)CC1. The minimum atomic E-state index is -4.73. The van der Waals surface area contributed by atoms with Crippen LogP contribution < -0.4 is 4.74 Å². The Morgan fingerprint density at radius 3 is 2.35 bits per heavy atom. The van der Waals surface area contributed by atoms with Crippen molar-refractivity contribution < 1.29 is 32.6 Å². The van der Waals surface area contributed by atoms with Crippen molar-refractivity contribution >= 4 is 11.9 Å². The molecule has 26 heavy (non-hydrogen) atoms. The molecule has 2 aliphatic rings. The summed E-state index contributed by atoms with van der Waals surface area (Å²) in [5.74, 6) is -1.79. The number of aliphatic carboxylic acids is 1. The molecule has 3 rings (SSSR count). The zero-order valence-electron chi connectivity index (χ0n) is 14.3. The van der Waals surface area contributed by atoms with Crippen LogP contribution in [0.2, 0.25) is 0 Å². The molecule has 1 N–H and O–H groups in total. The highest BCUT2D eigenvalue weighted by molar-refractivity contribution is 5.87. The average molecular weight is 371 g/mol.